The minimum absolute atomic E-state index is 0.270. The van der Waals surface area contributed by atoms with Crippen LogP contribution in [0.2, 0.25) is 0 Å². The first-order valence-electron chi connectivity index (χ1n) is 8.92. The molecule has 0 radical (unpaired) electrons. The number of carbonyl (C=O) groups is 1. The van der Waals surface area contributed by atoms with E-state index in [0.717, 1.165) is 25.2 Å². The molecule has 0 aliphatic carbocycles. The zero-order valence-corrected chi connectivity index (χ0v) is 15.3. The molecule has 7 heteroatoms. The summed E-state index contributed by atoms with van der Waals surface area (Å²) in [4.78, 5) is 13.9. The number of hydrogen-bond acceptors (Lipinski definition) is 3. The van der Waals surface area contributed by atoms with Crippen molar-refractivity contribution >= 4 is 5.91 Å². The second-order valence-corrected chi connectivity index (χ2v) is 7.34. The van der Waals surface area contributed by atoms with E-state index in [4.69, 9.17) is 0 Å². The molecule has 1 aromatic carbocycles. The zero-order chi connectivity index (χ0) is 19.2. The maximum absolute atomic E-state index is 11.9. The van der Waals surface area contributed by atoms with Gasteiger partial charge in [-0.15, -0.1) is 0 Å². The van der Waals surface area contributed by atoms with Gasteiger partial charge in [0.2, 0.25) is 5.91 Å². The fourth-order valence-electron chi connectivity index (χ4n) is 3.45. The van der Waals surface area contributed by atoms with E-state index in [1.165, 1.54) is 12.0 Å². The van der Waals surface area contributed by atoms with E-state index < -0.39 is 25.3 Å². The number of carbonyl (C=O) groups excluding carboxylic acids is 1. The minimum Gasteiger partial charge on any atom is -0.362 e. The van der Waals surface area contributed by atoms with Gasteiger partial charge >= 0.3 is 6.18 Å². The maximum atomic E-state index is 11.9. The van der Waals surface area contributed by atoms with Crippen LogP contribution in [0.1, 0.15) is 31.4 Å². The van der Waals surface area contributed by atoms with Gasteiger partial charge in [-0.3, -0.25) is 9.69 Å². The first-order chi connectivity index (χ1) is 12.2. The van der Waals surface area contributed by atoms with Crippen molar-refractivity contribution < 1.29 is 22.7 Å². The highest BCUT2D eigenvalue weighted by Crippen LogP contribution is 2.22. The van der Waals surface area contributed by atoms with E-state index in [0.29, 0.717) is 11.8 Å². The average Bonchev–Trinajstić information content (AvgIpc) is 2.52. The molecule has 4 nitrogen and oxygen atoms in total. The predicted molar refractivity (Wildman–Crippen MR) is 93.4 cm³/mol. The number of ether oxygens (including phenoxy) is 1. The average molecular weight is 372 g/mol. The Kier molecular flexibility index (Phi) is 7.46. The number of nitrogens with zero attached hydrogens (tertiary/aromatic N) is 1. The Morgan fingerprint density at radius 1 is 1.15 bits per heavy atom. The third-order valence-electron chi connectivity index (χ3n) is 4.36. The van der Waals surface area contributed by atoms with Crippen LogP contribution in [-0.4, -0.2) is 43.3 Å². The van der Waals surface area contributed by atoms with Gasteiger partial charge < -0.3 is 10.1 Å². The molecule has 1 fully saturated rings. The summed E-state index contributed by atoms with van der Waals surface area (Å²) in [6.45, 7) is 5.96. The fraction of sp³-hybridized carbons (Fsp3) is 0.632. The van der Waals surface area contributed by atoms with Crippen LogP contribution in [0.5, 0.6) is 0 Å². The van der Waals surface area contributed by atoms with E-state index >= 15 is 0 Å². The highest BCUT2D eigenvalue weighted by molar-refractivity contribution is 5.77. The van der Waals surface area contributed by atoms with Crippen molar-refractivity contribution in [3.8, 4) is 0 Å². The number of halogens is 3. The molecule has 1 amide bonds. The summed E-state index contributed by atoms with van der Waals surface area (Å²) in [5.74, 6) is 0.871. The smallest absolute Gasteiger partial charge is 0.362 e. The van der Waals surface area contributed by atoms with Crippen LogP contribution in [0, 0.1) is 11.8 Å². The van der Waals surface area contributed by atoms with Crippen molar-refractivity contribution in [1.82, 2.24) is 10.2 Å². The molecule has 0 spiro atoms. The van der Waals surface area contributed by atoms with E-state index in [2.05, 4.69) is 28.8 Å². The largest absolute Gasteiger partial charge is 0.411 e. The molecule has 1 aromatic rings. The van der Waals surface area contributed by atoms with E-state index in [-0.39, 0.29) is 6.54 Å². The molecule has 0 saturated carbocycles. The molecule has 2 unspecified atom stereocenters. The number of alkyl halides is 3. The quantitative estimate of drug-likeness (QED) is 0.798. The molecule has 1 N–H and O–H groups in total. The Hall–Kier alpha value is -1.60. The van der Waals surface area contributed by atoms with Crippen LogP contribution in [0.3, 0.4) is 0 Å². The highest BCUT2D eigenvalue weighted by Gasteiger charge is 2.27. The molecule has 0 bridgehead atoms. The van der Waals surface area contributed by atoms with Crippen molar-refractivity contribution in [1.29, 1.82) is 0 Å². The van der Waals surface area contributed by atoms with Gasteiger partial charge in [0, 0.05) is 26.2 Å². The van der Waals surface area contributed by atoms with Gasteiger partial charge in [-0.05, 0) is 29.4 Å². The Balaban J connectivity index is 1.72. The molecule has 1 aliphatic heterocycles. The first-order valence-corrected chi connectivity index (χ1v) is 8.92. The predicted octanol–water partition coefficient (Wildman–Crippen LogP) is 3.36. The minimum atomic E-state index is -4.42. The number of rotatable bonds is 7. The third-order valence-corrected chi connectivity index (χ3v) is 4.36. The molecule has 2 atom stereocenters. The van der Waals surface area contributed by atoms with Crippen molar-refractivity contribution in [2.45, 2.75) is 39.5 Å². The molecule has 1 saturated heterocycles. The van der Waals surface area contributed by atoms with Crippen molar-refractivity contribution in [2.24, 2.45) is 11.8 Å². The van der Waals surface area contributed by atoms with E-state index in [1.807, 2.05) is 24.3 Å². The van der Waals surface area contributed by atoms with Gasteiger partial charge in [0.25, 0.3) is 0 Å². The Labute approximate surface area is 152 Å². The van der Waals surface area contributed by atoms with Gasteiger partial charge in [0.1, 0.15) is 13.2 Å². The number of nitrogens with one attached hydrogen (secondary N) is 1. The topological polar surface area (TPSA) is 41.6 Å². The summed E-state index contributed by atoms with van der Waals surface area (Å²) in [5.41, 5.74) is 2.12. The number of benzene rings is 1. The molecule has 146 valence electrons. The molecule has 2 rings (SSSR count). The van der Waals surface area contributed by atoms with Crippen molar-refractivity contribution in [2.75, 3.05) is 26.3 Å². The van der Waals surface area contributed by atoms with Gasteiger partial charge in [-0.25, -0.2) is 0 Å². The number of amides is 1. The normalized spacial score (nSPS) is 21.6. The van der Waals surface area contributed by atoms with Crippen LogP contribution in [-0.2, 0) is 22.6 Å². The van der Waals surface area contributed by atoms with Crippen LogP contribution >= 0.6 is 0 Å². The molecule has 1 heterocycles. The second kappa shape index (κ2) is 9.37. The molecular weight excluding hydrogens is 345 g/mol. The van der Waals surface area contributed by atoms with Crippen LogP contribution in [0.4, 0.5) is 13.2 Å². The van der Waals surface area contributed by atoms with E-state index in [9.17, 15) is 18.0 Å². The van der Waals surface area contributed by atoms with Gasteiger partial charge in [-0.1, -0.05) is 38.1 Å². The van der Waals surface area contributed by atoms with Gasteiger partial charge in [0.15, 0.2) is 0 Å². The maximum Gasteiger partial charge on any atom is 0.411 e. The summed E-state index contributed by atoms with van der Waals surface area (Å²) < 4.78 is 40.2. The summed E-state index contributed by atoms with van der Waals surface area (Å²) in [6.07, 6.45) is -3.14. The lowest BCUT2D eigenvalue weighted by molar-refractivity contribution is -0.175. The van der Waals surface area contributed by atoms with Crippen LogP contribution < -0.4 is 5.32 Å². The summed E-state index contributed by atoms with van der Waals surface area (Å²) >= 11 is 0. The second-order valence-electron chi connectivity index (χ2n) is 7.34. The van der Waals surface area contributed by atoms with Gasteiger partial charge in [0.05, 0.1) is 0 Å². The fourth-order valence-corrected chi connectivity index (χ4v) is 3.45. The third kappa shape index (κ3) is 7.74. The van der Waals surface area contributed by atoms with Crippen molar-refractivity contribution in [3.05, 3.63) is 35.4 Å². The lowest BCUT2D eigenvalue weighted by Crippen LogP contribution is -2.38. The zero-order valence-electron chi connectivity index (χ0n) is 15.3. The highest BCUT2D eigenvalue weighted by atomic mass is 19.4. The standard InChI is InChI=1S/C19H27F3N2O2/c1-14-7-15(2)10-24(9-14)11-17-5-3-16(4-6-17)8-23-18(25)12-26-13-19(20,21)22/h3-6,14-15H,7-13H2,1-2H3,(H,23,25). The first kappa shape index (κ1) is 20.7. The Morgan fingerprint density at radius 2 is 1.73 bits per heavy atom. The molecule has 1 aliphatic rings. The molecular formula is C19H27F3N2O2. The summed E-state index contributed by atoms with van der Waals surface area (Å²) in [7, 11) is 0. The number of hydrogen-bond donors (Lipinski definition) is 1. The van der Waals surface area contributed by atoms with Crippen LogP contribution in [0.15, 0.2) is 24.3 Å². The number of piperidine rings is 1. The lowest BCUT2D eigenvalue weighted by Gasteiger charge is -2.35. The monoisotopic (exact) mass is 372 g/mol. The van der Waals surface area contributed by atoms with Gasteiger partial charge in [-0.2, -0.15) is 13.2 Å². The van der Waals surface area contributed by atoms with E-state index in [1.54, 1.807) is 0 Å². The lowest BCUT2D eigenvalue weighted by atomic mass is 9.91. The van der Waals surface area contributed by atoms with Crippen LogP contribution in [0.25, 0.3) is 0 Å². The van der Waals surface area contributed by atoms with Crippen molar-refractivity contribution in [3.63, 3.8) is 0 Å². The SMILES string of the molecule is CC1CC(C)CN(Cc2ccc(CNC(=O)COCC(F)(F)F)cc2)C1. The Bertz CT molecular complexity index is 565. The Morgan fingerprint density at radius 3 is 2.31 bits per heavy atom. The summed E-state index contributed by atoms with van der Waals surface area (Å²) in [5, 5.41) is 2.56. The number of likely N-dealkylation sites (tertiary alicyclic amines) is 1. The molecule has 26 heavy (non-hydrogen) atoms. The molecule has 0 aromatic heterocycles. The summed E-state index contributed by atoms with van der Waals surface area (Å²) in [6, 6.07) is 7.93.